The molecule has 2 amide bonds. The molecule has 1 aliphatic heterocycles. The van der Waals surface area contributed by atoms with Crippen molar-refractivity contribution in [3.63, 3.8) is 0 Å². The highest BCUT2D eigenvalue weighted by atomic mass is 16.3. The molecule has 7 nitrogen and oxygen atoms in total. The number of carbonyl (C=O) groups is 3. The Morgan fingerprint density at radius 3 is 2.37 bits per heavy atom. The number of amides is 2. The van der Waals surface area contributed by atoms with Crippen LogP contribution in [0, 0.1) is 50.7 Å². The number of carbonyl (C=O) groups excluding carboxylic acids is 3. The summed E-state index contributed by atoms with van der Waals surface area (Å²) >= 11 is 0. The molecule has 4 fully saturated rings. The van der Waals surface area contributed by atoms with Gasteiger partial charge in [-0.15, -0.1) is 0 Å². The van der Waals surface area contributed by atoms with Gasteiger partial charge in [0.15, 0.2) is 5.78 Å². The number of likely N-dealkylation sites (N-methyl/N-ethyl adjacent to an activating group) is 1. The quantitative estimate of drug-likeness (QED) is 0.282. The average Bonchev–Trinajstić information content (AvgIpc) is 2.93. The van der Waals surface area contributed by atoms with E-state index in [9.17, 15) is 24.8 Å². The van der Waals surface area contributed by atoms with Gasteiger partial charge in [-0.1, -0.05) is 60.5 Å². The van der Waals surface area contributed by atoms with Crippen LogP contribution in [0.5, 0.6) is 0 Å². The molecule has 1 saturated heterocycles. The van der Waals surface area contributed by atoms with Gasteiger partial charge in [-0.25, -0.2) is 0 Å². The van der Waals surface area contributed by atoms with E-state index in [1.807, 2.05) is 31.7 Å². The van der Waals surface area contributed by atoms with Crippen LogP contribution < -0.4 is 0 Å². The smallest absolute Gasteiger partial charge is 0.243 e. The van der Waals surface area contributed by atoms with Gasteiger partial charge in [-0.3, -0.25) is 14.4 Å². The second-order valence-corrected chi connectivity index (χ2v) is 16.5. The zero-order valence-electron chi connectivity index (χ0n) is 27.8. The van der Waals surface area contributed by atoms with E-state index in [2.05, 4.69) is 33.8 Å². The van der Waals surface area contributed by atoms with Crippen LogP contribution in [0.4, 0.5) is 0 Å². The fourth-order valence-corrected chi connectivity index (χ4v) is 10.2. The molecule has 7 heteroatoms. The van der Waals surface area contributed by atoms with Crippen molar-refractivity contribution in [2.45, 2.75) is 118 Å². The molecule has 4 aliphatic carbocycles. The Bertz CT molecular complexity index is 1320. The van der Waals surface area contributed by atoms with Crippen LogP contribution in [-0.2, 0) is 14.4 Å². The van der Waals surface area contributed by atoms with E-state index in [0.29, 0.717) is 12.0 Å². The number of rotatable bonds is 5. The highest BCUT2D eigenvalue weighted by Gasteiger charge is 2.68. The number of nitrogens with zero attached hydrogens (tertiary/aromatic N) is 3. The van der Waals surface area contributed by atoms with Crippen LogP contribution in [0.3, 0.4) is 0 Å². The number of aliphatic hydroxyl groups excluding tert-OH is 1. The Morgan fingerprint density at radius 2 is 1.72 bits per heavy atom. The molecule has 3 saturated carbocycles. The maximum atomic E-state index is 14.5. The van der Waals surface area contributed by atoms with Crippen molar-refractivity contribution in [3.05, 3.63) is 23.0 Å². The van der Waals surface area contributed by atoms with Gasteiger partial charge >= 0.3 is 0 Å². The summed E-state index contributed by atoms with van der Waals surface area (Å²) < 4.78 is 0. The predicted molar refractivity (Wildman–Crippen MR) is 167 cm³/mol. The zero-order chi connectivity index (χ0) is 31.8. The normalized spacial score (nSPS) is 38.3. The van der Waals surface area contributed by atoms with Crippen molar-refractivity contribution in [3.8, 4) is 6.07 Å². The number of hydrogen-bond donors (Lipinski definition) is 1. The van der Waals surface area contributed by atoms with E-state index in [1.165, 1.54) is 10.5 Å². The Hall–Kier alpha value is -2.62. The maximum Gasteiger partial charge on any atom is 0.243 e. The third-order valence-electron chi connectivity index (χ3n) is 13.4. The van der Waals surface area contributed by atoms with Crippen LogP contribution in [-0.4, -0.2) is 58.2 Å². The van der Waals surface area contributed by atoms with Gasteiger partial charge in [-0.2, -0.15) is 5.26 Å². The minimum absolute atomic E-state index is 0.00524. The molecule has 1 heterocycles. The fourth-order valence-electron chi connectivity index (χ4n) is 10.2. The van der Waals surface area contributed by atoms with Gasteiger partial charge in [0.05, 0.1) is 18.2 Å². The summed E-state index contributed by atoms with van der Waals surface area (Å²) in [7, 11) is 1.70. The van der Waals surface area contributed by atoms with Crippen molar-refractivity contribution in [2.24, 2.45) is 39.4 Å². The summed E-state index contributed by atoms with van der Waals surface area (Å²) in [5.74, 6) is 0.302. The van der Waals surface area contributed by atoms with E-state index < -0.39 is 11.0 Å². The minimum atomic E-state index is -0.563. The summed E-state index contributed by atoms with van der Waals surface area (Å²) in [6, 6.07) is 2.24. The van der Waals surface area contributed by atoms with Crippen LogP contribution in [0.2, 0.25) is 0 Å². The number of ketones is 1. The molecule has 6 atom stereocenters. The first-order valence-corrected chi connectivity index (χ1v) is 16.6. The lowest BCUT2D eigenvalue weighted by molar-refractivity contribution is -0.187. The first-order valence-electron chi connectivity index (χ1n) is 16.6. The van der Waals surface area contributed by atoms with E-state index >= 15 is 0 Å². The van der Waals surface area contributed by atoms with E-state index in [-0.39, 0.29) is 70.4 Å². The molecule has 0 bridgehead atoms. The Labute approximate surface area is 258 Å². The molecule has 0 aromatic carbocycles. The first kappa shape index (κ1) is 31.8. The number of nitriles is 1. The number of piperazine rings is 1. The largest absolute Gasteiger partial charge is 0.511 e. The molecule has 0 spiro atoms. The summed E-state index contributed by atoms with van der Waals surface area (Å²) in [5, 5.41) is 21.0. The molecule has 43 heavy (non-hydrogen) atoms. The van der Waals surface area contributed by atoms with E-state index in [0.717, 1.165) is 57.8 Å². The zero-order valence-corrected chi connectivity index (χ0v) is 27.8. The van der Waals surface area contributed by atoms with Gasteiger partial charge < -0.3 is 14.9 Å². The van der Waals surface area contributed by atoms with Crippen LogP contribution in [0.1, 0.15) is 113 Å². The SMILES string of the molecule is CCC/C(C#N)=C(/O)C(C)(C)[C@@H]1CC[C@]2(C)C(=CC(=O)[C@@H]3[C@@H]4CC(C)(C)CC[C@]4(N4CC(=O)N(C)CC4=O)CC[C@]32C)C1. The van der Waals surface area contributed by atoms with Crippen LogP contribution in [0.15, 0.2) is 23.0 Å². The molecular weight excluding hydrogens is 538 g/mol. The summed E-state index contributed by atoms with van der Waals surface area (Å²) in [6.07, 6.45) is 10.2. The van der Waals surface area contributed by atoms with Crippen molar-refractivity contribution in [1.82, 2.24) is 9.80 Å². The molecule has 0 unspecified atom stereocenters. The predicted octanol–water partition coefficient (Wildman–Crippen LogP) is 6.75. The van der Waals surface area contributed by atoms with E-state index in [1.54, 1.807) is 7.05 Å². The van der Waals surface area contributed by atoms with Crippen molar-refractivity contribution < 1.29 is 19.5 Å². The molecule has 5 rings (SSSR count). The average molecular weight is 592 g/mol. The van der Waals surface area contributed by atoms with Gasteiger partial charge in [0.1, 0.15) is 12.3 Å². The lowest BCUT2D eigenvalue weighted by Crippen LogP contribution is -2.71. The third kappa shape index (κ3) is 4.68. The summed E-state index contributed by atoms with van der Waals surface area (Å²) in [4.78, 5) is 44.4. The van der Waals surface area contributed by atoms with E-state index in [4.69, 9.17) is 0 Å². The molecular formula is C36H53N3O4. The van der Waals surface area contributed by atoms with Crippen molar-refractivity contribution in [1.29, 1.82) is 5.26 Å². The number of hydrogen-bond acceptors (Lipinski definition) is 5. The Balaban J connectivity index is 1.54. The van der Waals surface area contributed by atoms with Gasteiger partial charge in [0.25, 0.3) is 0 Å². The first-order chi connectivity index (χ1) is 20.0. The fraction of sp³-hybridized carbons (Fsp3) is 0.778. The number of fused-ring (bicyclic) bond motifs is 5. The Morgan fingerprint density at radius 1 is 1.05 bits per heavy atom. The second kappa shape index (κ2) is 10.5. The number of allylic oxidation sites excluding steroid dienone is 4. The summed E-state index contributed by atoms with van der Waals surface area (Å²) in [6.45, 7) is 15.6. The monoisotopic (exact) mass is 591 g/mol. The third-order valence-corrected chi connectivity index (χ3v) is 13.4. The van der Waals surface area contributed by atoms with Crippen molar-refractivity contribution >= 4 is 17.6 Å². The maximum absolute atomic E-state index is 14.5. The van der Waals surface area contributed by atoms with Gasteiger partial charge in [0.2, 0.25) is 11.8 Å². The topological polar surface area (TPSA) is 102 Å². The van der Waals surface area contributed by atoms with Crippen LogP contribution >= 0.6 is 0 Å². The van der Waals surface area contributed by atoms with Gasteiger partial charge in [0, 0.05) is 23.9 Å². The highest BCUT2D eigenvalue weighted by Crippen LogP contribution is 2.70. The molecule has 236 valence electrons. The standard InChI is InChI=1S/C36H53N3O4/c1-9-10-23(20-37)31(43)33(4,5)24-11-12-34(6)25(17-24)18-27(40)30-26-19-32(2,3)13-15-36(26,16-14-35(30,34)7)39-22-28(41)38(8)21-29(39)42/h18,24,26,30,43H,9-17,19,21-22H2,1-8H3/b31-23-/t24-,26+,30+,34-,35-,36+/m1/s1. The Kier molecular flexibility index (Phi) is 7.75. The molecule has 0 aromatic heterocycles. The molecule has 0 radical (unpaired) electrons. The molecule has 0 aromatic rings. The second-order valence-electron chi connectivity index (χ2n) is 16.5. The van der Waals surface area contributed by atoms with Crippen molar-refractivity contribution in [2.75, 3.05) is 20.1 Å². The highest BCUT2D eigenvalue weighted by molar-refractivity contribution is 5.96. The minimum Gasteiger partial charge on any atom is -0.511 e. The van der Waals surface area contributed by atoms with Gasteiger partial charge in [-0.05, 0) is 91.9 Å². The molecule has 5 aliphatic rings. The lowest BCUT2D eigenvalue weighted by atomic mass is 9.38. The van der Waals surface area contributed by atoms with Crippen LogP contribution in [0.25, 0.3) is 0 Å². The number of aliphatic hydroxyl groups is 1. The summed E-state index contributed by atoms with van der Waals surface area (Å²) in [5.41, 5.74) is 0.259. The molecule has 1 N–H and O–H groups in total. The lowest BCUT2D eigenvalue weighted by Gasteiger charge is -2.68.